The fraction of sp³-hybridized carbons (Fsp3) is 0.263. The number of alkyl carbamates (subject to hydrolysis) is 1. The van der Waals surface area contributed by atoms with E-state index in [2.05, 4.69) is 11.4 Å². The van der Waals surface area contributed by atoms with E-state index in [-0.39, 0.29) is 6.04 Å². The van der Waals surface area contributed by atoms with Crippen LogP contribution in [0.4, 0.5) is 4.79 Å². The molecule has 1 amide bonds. The van der Waals surface area contributed by atoms with Crippen molar-refractivity contribution in [2.45, 2.75) is 32.4 Å². The first-order chi connectivity index (χ1) is 10.9. The summed E-state index contributed by atoms with van der Waals surface area (Å²) < 4.78 is 5.37. The molecule has 23 heavy (non-hydrogen) atoms. The normalized spacial score (nSPS) is 15.3. The summed E-state index contributed by atoms with van der Waals surface area (Å²) in [6.45, 7) is 5.51. The standard InChI is InChI=1S/C19H18N2O2/c1-19(2,3)23-18(22)21-17-14-7-5-4-6-13(14)16-10-12(11-20)8-9-15(16)17/h4-10,17H,1-3H3,(H,21,22). The SMILES string of the molecule is CC(C)(C)OC(=O)NC1c2ccccc2-c2cc(C#N)ccc21. The monoisotopic (exact) mass is 306 g/mol. The van der Waals surface area contributed by atoms with E-state index < -0.39 is 11.7 Å². The third kappa shape index (κ3) is 2.91. The fourth-order valence-electron chi connectivity index (χ4n) is 2.85. The van der Waals surface area contributed by atoms with Crippen molar-refractivity contribution in [3.63, 3.8) is 0 Å². The number of ether oxygens (including phenoxy) is 1. The number of rotatable bonds is 1. The summed E-state index contributed by atoms with van der Waals surface area (Å²) in [5, 5.41) is 12.1. The van der Waals surface area contributed by atoms with Gasteiger partial charge in [0, 0.05) is 0 Å². The van der Waals surface area contributed by atoms with E-state index in [1.54, 1.807) is 6.07 Å². The summed E-state index contributed by atoms with van der Waals surface area (Å²) >= 11 is 0. The molecule has 0 saturated carbocycles. The Hall–Kier alpha value is -2.80. The first kappa shape index (κ1) is 15.1. The minimum Gasteiger partial charge on any atom is -0.444 e. The van der Waals surface area contributed by atoms with Crippen LogP contribution in [-0.4, -0.2) is 11.7 Å². The number of hydrogen-bond acceptors (Lipinski definition) is 3. The number of carbonyl (C=O) groups is 1. The quantitative estimate of drug-likeness (QED) is 0.860. The van der Waals surface area contributed by atoms with Gasteiger partial charge in [-0.05, 0) is 55.2 Å². The van der Waals surface area contributed by atoms with E-state index in [1.165, 1.54) is 0 Å². The number of nitrogens with zero attached hydrogens (tertiary/aromatic N) is 1. The van der Waals surface area contributed by atoms with Gasteiger partial charge in [-0.2, -0.15) is 5.26 Å². The Kier molecular flexibility index (Phi) is 3.57. The van der Waals surface area contributed by atoms with Crippen molar-refractivity contribution in [1.82, 2.24) is 5.32 Å². The minimum absolute atomic E-state index is 0.260. The highest BCUT2D eigenvalue weighted by Crippen LogP contribution is 2.43. The van der Waals surface area contributed by atoms with Crippen molar-refractivity contribution in [3.8, 4) is 17.2 Å². The third-order valence-corrected chi connectivity index (χ3v) is 3.72. The second-order valence-corrected chi connectivity index (χ2v) is 6.58. The van der Waals surface area contributed by atoms with Crippen LogP contribution in [-0.2, 0) is 4.74 Å². The maximum Gasteiger partial charge on any atom is 0.408 e. The van der Waals surface area contributed by atoms with Gasteiger partial charge in [0.25, 0.3) is 0 Å². The van der Waals surface area contributed by atoms with Crippen LogP contribution >= 0.6 is 0 Å². The van der Waals surface area contributed by atoms with Crippen LogP contribution in [0.2, 0.25) is 0 Å². The van der Waals surface area contributed by atoms with Gasteiger partial charge in [-0.3, -0.25) is 0 Å². The maximum atomic E-state index is 12.2. The largest absolute Gasteiger partial charge is 0.444 e. The minimum atomic E-state index is -0.546. The van der Waals surface area contributed by atoms with Crippen molar-refractivity contribution in [1.29, 1.82) is 5.26 Å². The Morgan fingerprint density at radius 2 is 1.83 bits per heavy atom. The lowest BCUT2D eigenvalue weighted by Crippen LogP contribution is -2.34. The van der Waals surface area contributed by atoms with Crippen molar-refractivity contribution < 1.29 is 9.53 Å². The summed E-state index contributed by atoms with van der Waals surface area (Å²) in [5.74, 6) is 0. The van der Waals surface area contributed by atoms with Crippen LogP contribution in [0.15, 0.2) is 42.5 Å². The number of hydrogen-bond donors (Lipinski definition) is 1. The van der Waals surface area contributed by atoms with Crippen LogP contribution in [0.1, 0.15) is 43.5 Å². The third-order valence-electron chi connectivity index (χ3n) is 3.72. The summed E-state index contributed by atoms with van der Waals surface area (Å²) in [6, 6.07) is 15.3. The molecular formula is C19H18N2O2. The van der Waals surface area contributed by atoms with Gasteiger partial charge in [0.2, 0.25) is 0 Å². The average molecular weight is 306 g/mol. The highest BCUT2D eigenvalue weighted by Gasteiger charge is 2.31. The molecular weight excluding hydrogens is 288 g/mol. The highest BCUT2D eigenvalue weighted by molar-refractivity contribution is 5.82. The lowest BCUT2D eigenvalue weighted by atomic mass is 10.0. The Balaban J connectivity index is 1.99. The van der Waals surface area contributed by atoms with Gasteiger partial charge in [-0.1, -0.05) is 30.3 Å². The molecule has 0 aliphatic heterocycles. The molecule has 1 N–H and O–H groups in total. The van der Waals surface area contributed by atoms with Gasteiger partial charge in [0.05, 0.1) is 17.7 Å². The molecule has 0 radical (unpaired) electrons. The molecule has 0 saturated heterocycles. The van der Waals surface area contributed by atoms with Crippen molar-refractivity contribution in [3.05, 3.63) is 59.2 Å². The van der Waals surface area contributed by atoms with E-state index in [4.69, 9.17) is 10.00 Å². The molecule has 1 aliphatic rings. The summed E-state index contributed by atoms with van der Waals surface area (Å²) in [6.07, 6.45) is -0.450. The molecule has 0 spiro atoms. The Labute approximate surface area is 135 Å². The van der Waals surface area contributed by atoms with Gasteiger partial charge in [0.1, 0.15) is 5.60 Å². The van der Waals surface area contributed by atoms with Crippen molar-refractivity contribution in [2.75, 3.05) is 0 Å². The second kappa shape index (κ2) is 5.44. The predicted molar refractivity (Wildman–Crippen MR) is 87.8 cm³/mol. The van der Waals surface area contributed by atoms with Crippen LogP contribution in [0.5, 0.6) is 0 Å². The zero-order valence-electron chi connectivity index (χ0n) is 13.4. The van der Waals surface area contributed by atoms with Crippen LogP contribution in [0, 0.1) is 11.3 Å². The molecule has 1 atom stereocenters. The van der Waals surface area contributed by atoms with Crippen molar-refractivity contribution >= 4 is 6.09 Å². The molecule has 1 aliphatic carbocycles. The molecule has 2 aromatic rings. The fourth-order valence-corrected chi connectivity index (χ4v) is 2.85. The van der Waals surface area contributed by atoms with Crippen LogP contribution in [0.3, 0.4) is 0 Å². The Bertz CT molecular complexity index is 813. The molecule has 0 bridgehead atoms. The highest BCUT2D eigenvalue weighted by atomic mass is 16.6. The molecule has 116 valence electrons. The number of fused-ring (bicyclic) bond motifs is 3. The first-order valence-electron chi connectivity index (χ1n) is 7.52. The van der Waals surface area contributed by atoms with Gasteiger partial charge in [-0.25, -0.2) is 4.79 Å². The lowest BCUT2D eigenvalue weighted by Gasteiger charge is -2.22. The Morgan fingerprint density at radius 1 is 1.13 bits per heavy atom. The Morgan fingerprint density at radius 3 is 2.52 bits per heavy atom. The predicted octanol–water partition coefficient (Wildman–Crippen LogP) is 4.15. The van der Waals surface area contributed by atoms with Crippen molar-refractivity contribution in [2.24, 2.45) is 0 Å². The van der Waals surface area contributed by atoms with E-state index in [9.17, 15) is 4.79 Å². The summed E-state index contributed by atoms with van der Waals surface area (Å²) in [4.78, 5) is 12.2. The van der Waals surface area contributed by atoms with Gasteiger partial charge in [0.15, 0.2) is 0 Å². The van der Waals surface area contributed by atoms with E-state index in [0.29, 0.717) is 5.56 Å². The second-order valence-electron chi connectivity index (χ2n) is 6.58. The van der Waals surface area contributed by atoms with Crippen LogP contribution in [0.25, 0.3) is 11.1 Å². The average Bonchev–Trinajstić information content (AvgIpc) is 2.79. The van der Waals surface area contributed by atoms with E-state index >= 15 is 0 Å². The smallest absolute Gasteiger partial charge is 0.408 e. The molecule has 0 heterocycles. The number of benzene rings is 2. The van der Waals surface area contributed by atoms with Gasteiger partial charge >= 0.3 is 6.09 Å². The number of nitrogens with one attached hydrogen (secondary N) is 1. The topological polar surface area (TPSA) is 62.1 Å². The van der Waals surface area contributed by atoms with Crippen LogP contribution < -0.4 is 5.32 Å². The molecule has 2 aromatic carbocycles. The molecule has 1 unspecified atom stereocenters. The molecule has 4 heteroatoms. The van der Waals surface area contributed by atoms with E-state index in [0.717, 1.165) is 22.3 Å². The molecule has 0 aromatic heterocycles. The lowest BCUT2D eigenvalue weighted by molar-refractivity contribution is 0.0513. The summed E-state index contributed by atoms with van der Waals surface area (Å²) in [7, 11) is 0. The first-order valence-corrected chi connectivity index (χ1v) is 7.52. The molecule has 4 nitrogen and oxygen atoms in total. The molecule has 0 fully saturated rings. The van der Waals surface area contributed by atoms with Gasteiger partial charge < -0.3 is 10.1 Å². The van der Waals surface area contributed by atoms with Gasteiger partial charge in [-0.15, -0.1) is 0 Å². The maximum absolute atomic E-state index is 12.2. The zero-order valence-corrected chi connectivity index (χ0v) is 13.4. The van der Waals surface area contributed by atoms with E-state index in [1.807, 2.05) is 57.2 Å². The zero-order chi connectivity index (χ0) is 16.6. The number of amides is 1. The summed E-state index contributed by atoms with van der Waals surface area (Å²) in [5.41, 5.74) is 4.09. The number of carbonyl (C=O) groups excluding carboxylic acids is 1. The number of nitriles is 1. The molecule has 3 rings (SSSR count).